The molecule has 8 heteroatoms. The molecule has 8 nitrogen and oxygen atoms in total. The molecule has 2 rings (SSSR count). The van der Waals surface area contributed by atoms with Crippen LogP contribution in [0, 0.1) is 0 Å². The highest BCUT2D eigenvalue weighted by atomic mass is 16.5. The van der Waals surface area contributed by atoms with E-state index in [1.54, 1.807) is 18.2 Å². The van der Waals surface area contributed by atoms with Gasteiger partial charge in [0.1, 0.15) is 0 Å². The number of nitrogens with zero attached hydrogens (tertiary/aromatic N) is 1. The minimum Gasteiger partial charge on any atom is -0.493 e. The molecule has 1 aromatic carbocycles. The number of aromatic nitrogens is 2. The molecular formula is C13H14N4O4. The highest BCUT2D eigenvalue weighted by Gasteiger charge is 2.08. The summed E-state index contributed by atoms with van der Waals surface area (Å²) in [6.45, 7) is 0. The van der Waals surface area contributed by atoms with Gasteiger partial charge in [-0.1, -0.05) is 0 Å². The third-order valence-electron chi connectivity index (χ3n) is 2.56. The zero-order chi connectivity index (χ0) is 15.2. The Labute approximate surface area is 120 Å². The summed E-state index contributed by atoms with van der Waals surface area (Å²) in [6, 6.07) is 7.13. The SMILES string of the molecule is COc1ccc(NC(=O)Nc2ccc(=O)[nH]n2)cc1OC. The quantitative estimate of drug-likeness (QED) is 0.790. The molecule has 0 unspecified atom stereocenters. The molecule has 3 N–H and O–H groups in total. The van der Waals surface area contributed by atoms with Crippen LogP contribution >= 0.6 is 0 Å². The number of benzene rings is 1. The van der Waals surface area contributed by atoms with E-state index in [2.05, 4.69) is 20.8 Å². The Morgan fingerprint density at radius 2 is 1.86 bits per heavy atom. The van der Waals surface area contributed by atoms with Gasteiger partial charge < -0.3 is 14.8 Å². The van der Waals surface area contributed by atoms with E-state index in [0.717, 1.165) is 0 Å². The highest BCUT2D eigenvalue weighted by Crippen LogP contribution is 2.29. The molecule has 0 aliphatic rings. The van der Waals surface area contributed by atoms with Crippen molar-refractivity contribution >= 4 is 17.5 Å². The zero-order valence-electron chi connectivity index (χ0n) is 11.5. The number of carbonyl (C=O) groups is 1. The number of anilines is 2. The van der Waals surface area contributed by atoms with Gasteiger partial charge in [-0.3, -0.25) is 10.1 Å². The van der Waals surface area contributed by atoms with E-state index in [9.17, 15) is 9.59 Å². The smallest absolute Gasteiger partial charge is 0.324 e. The molecule has 0 saturated carbocycles. The highest BCUT2D eigenvalue weighted by molar-refractivity contribution is 5.99. The standard InChI is InChI=1S/C13H14N4O4/c1-20-9-4-3-8(7-10(9)21-2)14-13(19)15-11-5-6-12(18)17-16-11/h3-7H,1-2H3,(H,17,18)(H2,14,15,16,19). The Kier molecular flexibility index (Phi) is 4.39. The summed E-state index contributed by atoms with van der Waals surface area (Å²) in [5, 5.41) is 11.0. The van der Waals surface area contributed by atoms with Crippen molar-refractivity contribution in [1.82, 2.24) is 10.2 Å². The fourth-order valence-electron chi connectivity index (χ4n) is 1.61. The number of nitrogens with one attached hydrogen (secondary N) is 3. The molecule has 0 aliphatic heterocycles. The third kappa shape index (κ3) is 3.72. The maximum atomic E-state index is 11.8. The number of rotatable bonds is 4. The number of urea groups is 1. The third-order valence-corrected chi connectivity index (χ3v) is 2.56. The fourth-order valence-corrected chi connectivity index (χ4v) is 1.61. The minimum absolute atomic E-state index is 0.229. The van der Waals surface area contributed by atoms with Crippen LogP contribution in [0.1, 0.15) is 0 Å². The van der Waals surface area contributed by atoms with Crippen LogP contribution in [0.3, 0.4) is 0 Å². The molecule has 2 aromatic rings. The van der Waals surface area contributed by atoms with Crippen molar-refractivity contribution in [2.45, 2.75) is 0 Å². The molecule has 21 heavy (non-hydrogen) atoms. The Bertz CT molecular complexity index is 678. The summed E-state index contributed by atoms with van der Waals surface area (Å²) < 4.78 is 10.2. The molecule has 0 radical (unpaired) electrons. The average molecular weight is 290 g/mol. The van der Waals surface area contributed by atoms with Crippen molar-refractivity contribution in [3.05, 3.63) is 40.7 Å². The number of H-pyrrole nitrogens is 1. The van der Waals surface area contributed by atoms with Crippen molar-refractivity contribution in [2.75, 3.05) is 24.9 Å². The van der Waals surface area contributed by atoms with Crippen molar-refractivity contribution in [2.24, 2.45) is 0 Å². The predicted octanol–water partition coefficient (Wildman–Crippen LogP) is 1.43. The first kappa shape index (κ1) is 14.4. The van der Waals surface area contributed by atoms with E-state index in [1.165, 1.54) is 26.4 Å². The van der Waals surface area contributed by atoms with E-state index in [-0.39, 0.29) is 11.4 Å². The maximum absolute atomic E-state index is 11.8. The average Bonchev–Trinajstić information content (AvgIpc) is 2.49. The summed E-state index contributed by atoms with van der Waals surface area (Å²) in [6.07, 6.45) is 0. The summed E-state index contributed by atoms with van der Waals surface area (Å²) in [5.41, 5.74) is 0.176. The zero-order valence-corrected chi connectivity index (χ0v) is 11.5. The van der Waals surface area contributed by atoms with Gasteiger partial charge in [0, 0.05) is 17.8 Å². The van der Waals surface area contributed by atoms with E-state index < -0.39 is 6.03 Å². The van der Waals surface area contributed by atoms with Crippen molar-refractivity contribution in [3.8, 4) is 11.5 Å². The maximum Gasteiger partial charge on any atom is 0.324 e. The second-order valence-electron chi connectivity index (χ2n) is 3.96. The Hall–Kier alpha value is -3.03. The summed E-state index contributed by atoms with van der Waals surface area (Å²) in [4.78, 5) is 22.7. The molecule has 0 aliphatic carbocycles. The molecule has 0 saturated heterocycles. The van der Waals surface area contributed by atoms with Gasteiger partial charge in [0.05, 0.1) is 14.2 Å². The number of hydrogen-bond acceptors (Lipinski definition) is 5. The number of methoxy groups -OCH3 is 2. The largest absolute Gasteiger partial charge is 0.493 e. The van der Waals surface area contributed by atoms with Gasteiger partial charge in [-0.25, -0.2) is 9.89 Å². The first-order valence-electron chi connectivity index (χ1n) is 5.98. The number of ether oxygens (including phenoxy) is 2. The van der Waals surface area contributed by atoms with Crippen LogP contribution in [-0.2, 0) is 0 Å². The number of aromatic amines is 1. The Morgan fingerprint density at radius 3 is 2.48 bits per heavy atom. The lowest BCUT2D eigenvalue weighted by atomic mass is 10.3. The molecule has 110 valence electrons. The summed E-state index contributed by atoms with van der Waals surface area (Å²) >= 11 is 0. The van der Waals surface area contributed by atoms with Gasteiger partial charge >= 0.3 is 6.03 Å². The topological polar surface area (TPSA) is 105 Å². The lowest BCUT2D eigenvalue weighted by molar-refractivity contribution is 0.262. The lowest BCUT2D eigenvalue weighted by Crippen LogP contribution is -2.21. The molecule has 1 heterocycles. The number of hydrogen-bond donors (Lipinski definition) is 3. The fraction of sp³-hybridized carbons (Fsp3) is 0.154. The second-order valence-corrected chi connectivity index (χ2v) is 3.96. The van der Waals surface area contributed by atoms with Crippen LogP contribution in [-0.4, -0.2) is 30.4 Å². The molecule has 0 spiro atoms. The van der Waals surface area contributed by atoms with Gasteiger partial charge in [-0.15, -0.1) is 0 Å². The number of carbonyl (C=O) groups excluding carboxylic acids is 1. The van der Waals surface area contributed by atoms with Crippen molar-refractivity contribution < 1.29 is 14.3 Å². The Morgan fingerprint density at radius 1 is 1.10 bits per heavy atom. The second kappa shape index (κ2) is 6.42. The van der Waals surface area contributed by atoms with Gasteiger partial charge in [-0.2, -0.15) is 5.10 Å². The molecule has 0 atom stereocenters. The first-order valence-corrected chi connectivity index (χ1v) is 5.98. The monoisotopic (exact) mass is 290 g/mol. The molecule has 0 bridgehead atoms. The summed E-state index contributed by atoms with van der Waals surface area (Å²) in [7, 11) is 3.03. The van der Waals surface area contributed by atoms with Crippen molar-refractivity contribution in [1.29, 1.82) is 0 Å². The van der Waals surface area contributed by atoms with Crippen LogP contribution in [0.5, 0.6) is 11.5 Å². The van der Waals surface area contributed by atoms with E-state index >= 15 is 0 Å². The van der Waals surface area contributed by atoms with Gasteiger partial charge in [0.25, 0.3) is 5.56 Å². The van der Waals surface area contributed by atoms with Crippen LogP contribution in [0.2, 0.25) is 0 Å². The van der Waals surface area contributed by atoms with Crippen molar-refractivity contribution in [3.63, 3.8) is 0 Å². The van der Waals surface area contributed by atoms with Crippen LogP contribution in [0.15, 0.2) is 35.1 Å². The van der Waals surface area contributed by atoms with E-state index in [1.807, 2.05) is 0 Å². The van der Waals surface area contributed by atoms with Gasteiger partial charge in [-0.05, 0) is 18.2 Å². The molecular weight excluding hydrogens is 276 g/mol. The van der Waals surface area contributed by atoms with E-state index in [4.69, 9.17) is 9.47 Å². The summed E-state index contributed by atoms with van der Waals surface area (Å²) in [5.74, 6) is 1.29. The normalized spacial score (nSPS) is 9.81. The minimum atomic E-state index is -0.498. The molecule has 1 aromatic heterocycles. The van der Waals surface area contributed by atoms with Gasteiger partial charge in [0.15, 0.2) is 17.3 Å². The van der Waals surface area contributed by atoms with Gasteiger partial charge in [0.2, 0.25) is 0 Å². The first-order chi connectivity index (χ1) is 10.1. The van der Waals surface area contributed by atoms with Crippen LogP contribution in [0.4, 0.5) is 16.3 Å². The van der Waals surface area contributed by atoms with Crippen LogP contribution in [0.25, 0.3) is 0 Å². The molecule has 0 fully saturated rings. The van der Waals surface area contributed by atoms with Crippen LogP contribution < -0.4 is 25.7 Å². The molecule has 2 amide bonds. The lowest BCUT2D eigenvalue weighted by Gasteiger charge is -2.10. The Balaban J connectivity index is 2.05. The predicted molar refractivity (Wildman–Crippen MR) is 77.0 cm³/mol. The van der Waals surface area contributed by atoms with E-state index in [0.29, 0.717) is 17.2 Å². The number of amides is 2.